The van der Waals surface area contributed by atoms with Gasteiger partial charge >= 0.3 is 6.18 Å². The molecule has 2 aromatic heterocycles. The fourth-order valence-corrected chi connectivity index (χ4v) is 4.54. The molecule has 5 rings (SSSR count). The van der Waals surface area contributed by atoms with Gasteiger partial charge in [0.1, 0.15) is 17.7 Å². The van der Waals surface area contributed by atoms with Gasteiger partial charge in [0.15, 0.2) is 5.65 Å². The summed E-state index contributed by atoms with van der Waals surface area (Å²) in [5, 5.41) is 15.7. The van der Waals surface area contributed by atoms with Crippen molar-refractivity contribution in [1.29, 1.82) is 5.26 Å². The number of fused-ring (bicyclic) bond motifs is 2. The number of aromatic nitrogens is 4. The Labute approximate surface area is 214 Å². The predicted octanol–water partition coefficient (Wildman–Crippen LogP) is 4.47. The van der Waals surface area contributed by atoms with Gasteiger partial charge in [-0.3, -0.25) is 4.79 Å². The number of hydrogen-bond acceptors (Lipinski definition) is 6. The number of alkyl halides is 3. The van der Waals surface area contributed by atoms with Crippen molar-refractivity contribution in [2.45, 2.75) is 44.9 Å². The molecule has 0 unspecified atom stereocenters. The van der Waals surface area contributed by atoms with E-state index in [2.05, 4.69) is 20.6 Å². The van der Waals surface area contributed by atoms with Crippen molar-refractivity contribution in [2.75, 3.05) is 11.9 Å². The normalized spacial score (nSPS) is 13.8. The fourth-order valence-electron chi connectivity index (χ4n) is 4.54. The van der Waals surface area contributed by atoms with Gasteiger partial charge in [0.05, 0.1) is 17.2 Å². The molecule has 8 nitrogen and oxygen atoms in total. The number of nitriles is 1. The van der Waals surface area contributed by atoms with Crippen LogP contribution in [0.2, 0.25) is 0 Å². The van der Waals surface area contributed by atoms with E-state index in [9.17, 15) is 27.6 Å². The van der Waals surface area contributed by atoms with Crippen LogP contribution in [0.1, 0.15) is 30.5 Å². The summed E-state index contributed by atoms with van der Waals surface area (Å²) in [5.74, 6) is -0.626. The van der Waals surface area contributed by atoms with E-state index in [0.29, 0.717) is 16.9 Å². The highest BCUT2D eigenvalue weighted by atomic mass is 19.4. The summed E-state index contributed by atoms with van der Waals surface area (Å²) in [7, 11) is 0. The number of nitrogens with one attached hydrogen (secondary N) is 2. The molecule has 0 saturated carbocycles. The van der Waals surface area contributed by atoms with Crippen LogP contribution in [-0.2, 0) is 24.9 Å². The van der Waals surface area contributed by atoms with Crippen LogP contribution in [0.15, 0.2) is 47.4 Å². The van der Waals surface area contributed by atoms with E-state index < -0.39 is 29.5 Å². The molecule has 2 N–H and O–H groups in total. The van der Waals surface area contributed by atoms with Crippen LogP contribution >= 0.6 is 0 Å². The van der Waals surface area contributed by atoms with E-state index >= 15 is 0 Å². The lowest BCUT2D eigenvalue weighted by atomic mass is 9.86. The van der Waals surface area contributed by atoms with E-state index in [-0.39, 0.29) is 28.2 Å². The molecule has 38 heavy (non-hydrogen) atoms. The third kappa shape index (κ3) is 4.72. The highest BCUT2D eigenvalue weighted by Crippen LogP contribution is 2.29. The van der Waals surface area contributed by atoms with Crippen molar-refractivity contribution in [3.05, 3.63) is 75.5 Å². The smallest absolute Gasteiger partial charge is 0.324 e. The minimum atomic E-state index is -4.73. The Kier molecular flexibility index (Phi) is 6.19. The molecular weight excluding hydrogens is 502 g/mol. The molecule has 0 spiro atoms. The van der Waals surface area contributed by atoms with Crippen LogP contribution < -0.4 is 16.2 Å². The summed E-state index contributed by atoms with van der Waals surface area (Å²) in [4.78, 5) is 21.6. The monoisotopic (exact) mass is 525 g/mol. The van der Waals surface area contributed by atoms with Crippen molar-refractivity contribution >= 4 is 22.7 Å². The number of nitrogens with zero attached hydrogens (tertiary/aromatic N) is 5. The van der Waals surface area contributed by atoms with Gasteiger partial charge in [-0.15, -0.1) is 0 Å². The van der Waals surface area contributed by atoms with Crippen LogP contribution in [0.3, 0.4) is 0 Å². The summed E-state index contributed by atoms with van der Waals surface area (Å²) in [5.41, 5.74) is 0.700. The molecule has 0 saturated heterocycles. The van der Waals surface area contributed by atoms with Crippen LogP contribution in [0.5, 0.6) is 0 Å². The maximum absolute atomic E-state index is 14.6. The Morgan fingerprint density at radius 2 is 1.95 bits per heavy atom. The first-order chi connectivity index (χ1) is 18.0. The Morgan fingerprint density at radius 1 is 1.16 bits per heavy atom. The molecule has 1 aliphatic rings. The molecule has 3 heterocycles. The van der Waals surface area contributed by atoms with E-state index in [1.165, 1.54) is 37.7 Å². The summed E-state index contributed by atoms with van der Waals surface area (Å²) in [6, 6.07) is 11.3. The largest absolute Gasteiger partial charge is 0.408 e. The lowest BCUT2D eigenvalue weighted by Gasteiger charge is -2.20. The highest BCUT2D eigenvalue weighted by Gasteiger charge is 2.32. The molecule has 2 aromatic carbocycles. The van der Waals surface area contributed by atoms with E-state index in [1.807, 2.05) is 24.3 Å². The average molecular weight is 526 g/mol. The van der Waals surface area contributed by atoms with Crippen LogP contribution in [0, 0.1) is 17.1 Å². The minimum absolute atomic E-state index is 0.0274. The van der Waals surface area contributed by atoms with Gasteiger partial charge in [-0.1, -0.05) is 6.07 Å². The minimum Gasteiger partial charge on any atom is -0.324 e. The average Bonchev–Trinajstić information content (AvgIpc) is 3.13. The molecule has 0 aliphatic carbocycles. The maximum atomic E-state index is 14.6. The fraction of sp³-hybridized carbons (Fsp3) is 0.308. The molecule has 0 bridgehead atoms. The Bertz CT molecular complexity index is 1650. The zero-order valence-electron chi connectivity index (χ0n) is 20.5. The Morgan fingerprint density at radius 3 is 2.68 bits per heavy atom. The molecule has 196 valence electrons. The number of rotatable bonds is 5. The van der Waals surface area contributed by atoms with E-state index in [4.69, 9.17) is 0 Å². The molecule has 12 heteroatoms. The molecule has 4 aromatic rings. The molecule has 0 fully saturated rings. The molecule has 0 amide bonds. The SMILES string of the molecule is CC(C)(C#N)c1cc(-n2c3nc(Nc4ccc5c(c4)CNCC5)ncc3c(=O)n2CC(F)(F)F)ccc1F. The van der Waals surface area contributed by atoms with Crippen molar-refractivity contribution in [2.24, 2.45) is 0 Å². The van der Waals surface area contributed by atoms with Crippen molar-refractivity contribution in [1.82, 2.24) is 24.6 Å². The van der Waals surface area contributed by atoms with Gasteiger partial charge in [-0.25, -0.2) is 18.7 Å². The summed E-state index contributed by atoms with van der Waals surface area (Å²) in [6.45, 7) is 2.98. The van der Waals surface area contributed by atoms with E-state index in [0.717, 1.165) is 29.3 Å². The quantitative estimate of drug-likeness (QED) is 0.373. The van der Waals surface area contributed by atoms with Crippen LogP contribution in [0.4, 0.5) is 29.2 Å². The third-order valence-corrected chi connectivity index (χ3v) is 6.50. The number of benzene rings is 2. The highest BCUT2D eigenvalue weighted by molar-refractivity contribution is 5.77. The van der Waals surface area contributed by atoms with E-state index in [1.54, 1.807) is 0 Å². The molecule has 0 atom stereocenters. The lowest BCUT2D eigenvalue weighted by molar-refractivity contribution is -0.144. The summed E-state index contributed by atoms with van der Waals surface area (Å²) in [6.07, 6.45) is -2.66. The topological polar surface area (TPSA) is 101 Å². The summed E-state index contributed by atoms with van der Waals surface area (Å²) < 4.78 is 56.6. The third-order valence-electron chi connectivity index (χ3n) is 6.50. The van der Waals surface area contributed by atoms with Gasteiger partial charge in [-0.05, 0) is 68.3 Å². The standard InChI is InChI=1S/C26H23F4N7O/c1-25(2,13-31)20-10-18(5-6-21(20)27)37-22-19(23(38)36(37)14-26(28,29)30)12-33-24(35-22)34-17-4-3-15-7-8-32-11-16(15)9-17/h3-6,9-10,12,32H,7-8,11,14H2,1-2H3,(H,33,34,35). The van der Waals surface area contributed by atoms with Gasteiger partial charge in [-0.2, -0.15) is 23.4 Å². The molecule has 1 aliphatic heterocycles. The Hall–Kier alpha value is -4.24. The number of halogens is 4. The van der Waals surface area contributed by atoms with Gasteiger partial charge in [0.2, 0.25) is 5.95 Å². The van der Waals surface area contributed by atoms with Crippen molar-refractivity contribution < 1.29 is 17.6 Å². The van der Waals surface area contributed by atoms with Crippen LogP contribution in [-0.4, -0.2) is 32.1 Å². The number of hydrogen-bond donors (Lipinski definition) is 2. The zero-order chi connectivity index (χ0) is 27.2. The second kappa shape index (κ2) is 9.25. The van der Waals surface area contributed by atoms with Gasteiger partial charge < -0.3 is 10.6 Å². The zero-order valence-corrected chi connectivity index (χ0v) is 20.5. The Balaban J connectivity index is 1.67. The molecular formula is C26H23F4N7O. The second-order valence-corrected chi connectivity index (χ2v) is 9.66. The van der Waals surface area contributed by atoms with Crippen LogP contribution in [0.25, 0.3) is 16.7 Å². The van der Waals surface area contributed by atoms with Crippen molar-refractivity contribution in [3.63, 3.8) is 0 Å². The lowest BCUT2D eigenvalue weighted by Crippen LogP contribution is -2.30. The summed E-state index contributed by atoms with van der Waals surface area (Å²) >= 11 is 0. The van der Waals surface area contributed by atoms with Gasteiger partial charge in [0.25, 0.3) is 5.56 Å². The number of anilines is 2. The maximum Gasteiger partial charge on any atom is 0.408 e. The first kappa shape index (κ1) is 25.4. The molecule has 0 radical (unpaired) electrons. The first-order valence-corrected chi connectivity index (χ1v) is 11.8. The van der Waals surface area contributed by atoms with Gasteiger partial charge in [0, 0.05) is 24.0 Å². The predicted molar refractivity (Wildman–Crippen MR) is 133 cm³/mol. The second-order valence-electron chi connectivity index (χ2n) is 9.66. The van der Waals surface area contributed by atoms with Crippen molar-refractivity contribution in [3.8, 4) is 11.8 Å². The first-order valence-electron chi connectivity index (χ1n) is 11.8.